The number of nitrogens with zero attached hydrogens (tertiary/aromatic N) is 7. The standard InChI is InChI=1S/C25H33N7O2/c1-16(2)21-13-30(9-10-32(21)22(33)14-31-8-7-27-29-31)24-19(12-26)18-11-25(3,4)34-15-20(18)23(28-24)17-5-6-17/h7-8,16-17,21H,5-6,9-11,13-15H2,1-4H3/t21-/m0/s1. The van der Waals surface area contributed by atoms with E-state index in [2.05, 4.69) is 49.0 Å². The van der Waals surface area contributed by atoms with Crippen LogP contribution in [-0.2, 0) is 29.1 Å². The van der Waals surface area contributed by atoms with E-state index in [9.17, 15) is 10.1 Å². The molecule has 5 rings (SSSR count). The number of amides is 1. The molecule has 9 heteroatoms. The summed E-state index contributed by atoms with van der Waals surface area (Å²) in [5, 5.41) is 18.0. The van der Waals surface area contributed by atoms with Gasteiger partial charge in [0.1, 0.15) is 18.4 Å². The molecule has 3 aliphatic rings. The van der Waals surface area contributed by atoms with Crippen molar-refractivity contribution < 1.29 is 9.53 Å². The molecule has 2 aromatic rings. The Morgan fingerprint density at radius 2 is 2.09 bits per heavy atom. The molecular weight excluding hydrogens is 430 g/mol. The van der Waals surface area contributed by atoms with Gasteiger partial charge in [-0.15, -0.1) is 5.10 Å². The number of hydrogen-bond donors (Lipinski definition) is 0. The highest BCUT2D eigenvalue weighted by Crippen LogP contribution is 2.46. The first-order chi connectivity index (χ1) is 16.3. The van der Waals surface area contributed by atoms with E-state index in [-0.39, 0.29) is 30.0 Å². The van der Waals surface area contributed by atoms with Crippen molar-refractivity contribution in [2.75, 3.05) is 24.5 Å². The summed E-state index contributed by atoms with van der Waals surface area (Å²) in [6, 6.07) is 2.52. The van der Waals surface area contributed by atoms with E-state index in [1.54, 1.807) is 17.1 Å². The summed E-state index contributed by atoms with van der Waals surface area (Å²) in [5.74, 6) is 1.56. The minimum Gasteiger partial charge on any atom is -0.370 e. The lowest BCUT2D eigenvalue weighted by Gasteiger charge is -2.44. The first-order valence-electron chi connectivity index (χ1n) is 12.3. The van der Waals surface area contributed by atoms with Gasteiger partial charge >= 0.3 is 0 Å². The normalized spacial score (nSPS) is 21.9. The second-order valence-corrected chi connectivity index (χ2v) is 10.7. The van der Waals surface area contributed by atoms with Gasteiger partial charge in [-0.3, -0.25) is 4.79 Å². The summed E-state index contributed by atoms with van der Waals surface area (Å²) >= 11 is 0. The minimum atomic E-state index is -0.301. The Kier molecular flexibility index (Phi) is 5.80. The molecule has 1 aliphatic carbocycles. The quantitative estimate of drug-likeness (QED) is 0.672. The maximum atomic E-state index is 13.1. The summed E-state index contributed by atoms with van der Waals surface area (Å²) in [6.07, 6.45) is 6.30. The van der Waals surface area contributed by atoms with Gasteiger partial charge in [-0.1, -0.05) is 19.1 Å². The number of hydrogen-bond acceptors (Lipinski definition) is 7. The second kappa shape index (κ2) is 8.66. The lowest BCUT2D eigenvalue weighted by atomic mass is 9.87. The van der Waals surface area contributed by atoms with E-state index in [4.69, 9.17) is 9.72 Å². The molecule has 1 saturated carbocycles. The summed E-state index contributed by atoms with van der Waals surface area (Å²) < 4.78 is 7.67. The van der Waals surface area contributed by atoms with Crippen molar-refractivity contribution in [2.45, 2.75) is 77.7 Å². The van der Waals surface area contributed by atoms with Crippen molar-refractivity contribution in [2.24, 2.45) is 5.92 Å². The van der Waals surface area contributed by atoms with Crippen molar-refractivity contribution in [1.29, 1.82) is 5.26 Å². The van der Waals surface area contributed by atoms with Crippen LogP contribution in [0.25, 0.3) is 0 Å². The Balaban J connectivity index is 1.46. The van der Waals surface area contributed by atoms with Crippen LogP contribution in [-0.4, -0.2) is 62.1 Å². The number of carbonyl (C=O) groups excluding carboxylic acids is 1. The molecule has 1 saturated heterocycles. The lowest BCUT2D eigenvalue weighted by Crippen LogP contribution is -2.58. The summed E-state index contributed by atoms with van der Waals surface area (Å²) in [7, 11) is 0. The van der Waals surface area contributed by atoms with Crippen molar-refractivity contribution in [1.82, 2.24) is 24.9 Å². The Hall–Kier alpha value is -2.99. The molecule has 1 atom stereocenters. The monoisotopic (exact) mass is 463 g/mol. The van der Waals surface area contributed by atoms with Crippen LogP contribution in [0, 0.1) is 17.2 Å². The Bertz CT molecular complexity index is 1120. The smallest absolute Gasteiger partial charge is 0.244 e. The van der Waals surface area contributed by atoms with Gasteiger partial charge in [0.15, 0.2) is 0 Å². The van der Waals surface area contributed by atoms with E-state index in [1.807, 2.05) is 4.90 Å². The second-order valence-electron chi connectivity index (χ2n) is 10.7. The van der Waals surface area contributed by atoms with Gasteiger partial charge < -0.3 is 14.5 Å². The minimum absolute atomic E-state index is 0.0262. The fourth-order valence-corrected chi connectivity index (χ4v) is 5.25. The van der Waals surface area contributed by atoms with E-state index < -0.39 is 0 Å². The zero-order chi connectivity index (χ0) is 24.0. The molecule has 0 aromatic carbocycles. The summed E-state index contributed by atoms with van der Waals surface area (Å²) in [6.45, 7) is 11.1. The van der Waals surface area contributed by atoms with Crippen LogP contribution in [0.15, 0.2) is 12.4 Å². The molecular formula is C25H33N7O2. The first kappa shape index (κ1) is 22.8. The number of ether oxygens (including phenoxy) is 1. The molecule has 2 aromatic heterocycles. The number of anilines is 1. The fourth-order valence-electron chi connectivity index (χ4n) is 5.25. The number of aromatic nitrogens is 4. The number of carbonyl (C=O) groups is 1. The highest BCUT2D eigenvalue weighted by atomic mass is 16.5. The predicted octanol–water partition coefficient (Wildman–Crippen LogP) is 2.65. The predicted molar refractivity (Wildman–Crippen MR) is 126 cm³/mol. The third kappa shape index (κ3) is 4.27. The molecule has 4 heterocycles. The Morgan fingerprint density at radius 1 is 1.29 bits per heavy atom. The van der Waals surface area contributed by atoms with Crippen molar-refractivity contribution in [3.63, 3.8) is 0 Å². The van der Waals surface area contributed by atoms with Crippen LogP contribution in [0.5, 0.6) is 0 Å². The molecule has 34 heavy (non-hydrogen) atoms. The van der Waals surface area contributed by atoms with Crippen molar-refractivity contribution in [3.8, 4) is 6.07 Å². The highest BCUT2D eigenvalue weighted by molar-refractivity contribution is 5.77. The molecule has 0 spiro atoms. The first-order valence-corrected chi connectivity index (χ1v) is 12.3. The van der Waals surface area contributed by atoms with Gasteiger partial charge in [0.25, 0.3) is 0 Å². The van der Waals surface area contributed by atoms with Gasteiger partial charge in [0, 0.05) is 43.7 Å². The highest BCUT2D eigenvalue weighted by Gasteiger charge is 2.39. The van der Waals surface area contributed by atoms with Crippen LogP contribution in [0.4, 0.5) is 5.82 Å². The molecule has 2 fully saturated rings. The Morgan fingerprint density at radius 3 is 2.74 bits per heavy atom. The maximum absolute atomic E-state index is 13.1. The zero-order valence-electron chi connectivity index (χ0n) is 20.5. The SMILES string of the molecule is CC(C)[C@@H]1CN(c2nc(C3CC3)c3c(c2C#N)CC(C)(C)OC3)CCN1C(=O)Cn1ccnn1. The van der Waals surface area contributed by atoms with Gasteiger partial charge in [0.05, 0.1) is 35.7 Å². The zero-order valence-corrected chi connectivity index (χ0v) is 20.5. The third-order valence-corrected chi connectivity index (χ3v) is 7.29. The van der Waals surface area contributed by atoms with Crippen LogP contribution in [0.1, 0.15) is 68.8 Å². The molecule has 0 bridgehead atoms. The number of rotatable bonds is 5. The topological polar surface area (TPSA) is 100 Å². The molecule has 2 aliphatic heterocycles. The van der Waals surface area contributed by atoms with E-state index in [1.165, 1.54) is 0 Å². The number of pyridine rings is 1. The van der Waals surface area contributed by atoms with Gasteiger partial charge in [-0.25, -0.2) is 9.67 Å². The average molecular weight is 464 g/mol. The van der Waals surface area contributed by atoms with E-state index in [0.29, 0.717) is 44.1 Å². The van der Waals surface area contributed by atoms with Crippen LogP contribution in [0.3, 0.4) is 0 Å². The van der Waals surface area contributed by atoms with Gasteiger partial charge in [-0.05, 0) is 38.2 Å². The van der Waals surface area contributed by atoms with Crippen LogP contribution >= 0.6 is 0 Å². The molecule has 0 N–H and O–H groups in total. The van der Waals surface area contributed by atoms with Crippen LogP contribution < -0.4 is 4.90 Å². The molecule has 1 amide bonds. The average Bonchev–Trinajstić information content (AvgIpc) is 3.53. The molecule has 9 nitrogen and oxygen atoms in total. The molecule has 0 radical (unpaired) electrons. The lowest BCUT2D eigenvalue weighted by molar-refractivity contribution is -0.135. The number of piperazine rings is 1. The third-order valence-electron chi connectivity index (χ3n) is 7.29. The van der Waals surface area contributed by atoms with Crippen LogP contribution in [0.2, 0.25) is 0 Å². The van der Waals surface area contributed by atoms with Gasteiger partial charge in [0.2, 0.25) is 5.91 Å². The van der Waals surface area contributed by atoms with Crippen molar-refractivity contribution in [3.05, 3.63) is 34.8 Å². The molecule has 180 valence electrons. The summed E-state index contributed by atoms with van der Waals surface area (Å²) in [5.41, 5.74) is 3.73. The summed E-state index contributed by atoms with van der Waals surface area (Å²) in [4.78, 5) is 22.4. The van der Waals surface area contributed by atoms with E-state index >= 15 is 0 Å². The van der Waals surface area contributed by atoms with Crippen molar-refractivity contribution >= 4 is 11.7 Å². The van der Waals surface area contributed by atoms with Gasteiger partial charge in [-0.2, -0.15) is 5.26 Å². The molecule has 0 unspecified atom stereocenters. The number of nitriles is 1. The largest absolute Gasteiger partial charge is 0.370 e. The Labute approximate surface area is 200 Å². The number of fused-ring (bicyclic) bond motifs is 1. The van der Waals surface area contributed by atoms with E-state index in [0.717, 1.165) is 35.5 Å². The maximum Gasteiger partial charge on any atom is 0.244 e. The fraction of sp³-hybridized carbons (Fsp3) is 0.640.